The first-order valence-corrected chi connectivity index (χ1v) is 9.54. The van der Waals surface area contributed by atoms with Crippen molar-refractivity contribution in [3.05, 3.63) is 53.3 Å². The van der Waals surface area contributed by atoms with Gasteiger partial charge in [0.15, 0.2) is 0 Å². The van der Waals surface area contributed by atoms with Gasteiger partial charge >= 0.3 is 0 Å². The van der Waals surface area contributed by atoms with E-state index in [4.69, 9.17) is 0 Å². The van der Waals surface area contributed by atoms with Gasteiger partial charge in [0.1, 0.15) is 11.4 Å². The molecular weight excluding hydrogens is 368 g/mol. The number of hydrogen-bond acceptors (Lipinski definition) is 6. The summed E-state index contributed by atoms with van der Waals surface area (Å²) in [6.07, 6.45) is 2.30. The van der Waals surface area contributed by atoms with Crippen molar-refractivity contribution < 1.29 is 9.90 Å². The van der Waals surface area contributed by atoms with Crippen molar-refractivity contribution >= 4 is 17.5 Å². The number of hydrogen-bond donors (Lipinski definition) is 3. The van der Waals surface area contributed by atoms with E-state index >= 15 is 0 Å². The number of aryl methyl sites for hydroxylation is 3. The van der Waals surface area contributed by atoms with Crippen LogP contribution in [0.1, 0.15) is 35.0 Å². The van der Waals surface area contributed by atoms with Crippen molar-refractivity contribution in [3.63, 3.8) is 0 Å². The predicted molar refractivity (Wildman–Crippen MR) is 112 cm³/mol. The lowest BCUT2D eigenvalue weighted by atomic mass is 10.1. The van der Waals surface area contributed by atoms with E-state index in [1.54, 1.807) is 25.4 Å². The molecule has 0 bridgehead atoms. The first-order chi connectivity index (χ1) is 13.9. The highest BCUT2D eigenvalue weighted by molar-refractivity contribution is 5.93. The number of rotatable bonds is 7. The standard InChI is InChI=1S/C21H26N6O2/c1-5-15(12-28)23-20(29)19-11-18(26-27(19)4)17-6-7-22-21(25-17)24-16-9-13(2)8-14(3)10-16/h6-11,15,28H,5,12H2,1-4H3,(H,23,29)(H,22,24,25)/t15-/m0/s1. The van der Waals surface area contributed by atoms with E-state index in [0.29, 0.717) is 29.5 Å². The van der Waals surface area contributed by atoms with Crippen LogP contribution in [0.25, 0.3) is 11.4 Å². The molecule has 152 valence electrons. The molecular formula is C21H26N6O2. The summed E-state index contributed by atoms with van der Waals surface area (Å²) < 4.78 is 1.51. The van der Waals surface area contributed by atoms with Crippen LogP contribution < -0.4 is 10.6 Å². The third-order valence-electron chi connectivity index (χ3n) is 4.56. The molecule has 3 rings (SSSR count). The molecule has 0 radical (unpaired) electrons. The lowest BCUT2D eigenvalue weighted by Gasteiger charge is -2.13. The van der Waals surface area contributed by atoms with Crippen molar-refractivity contribution in [2.24, 2.45) is 7.05 Å². The molecule has 1 atom stereocenters. The lowest BCUT2D eigenvalue weighted by Crippen LogP contribution is -2.37. The quantitative estimate of drug-likeness (QED) is 0.569. The number of nitrogens with zero attached hydrogens (tertiary/aromatic N) is 4. The van der Waals surface area contributed by atoms with E-state index in [-0.39, 0.29) is 18.6 Å². The summed E-state index contributed by atoms with van der Waals surface area (Å²) in [7, 11) is 1.70. The minimum Gasteiger partial charge on any atom is -0.394 e. The highest BCUT2D eigenvalue weighted by Crippen LogP contribution is 2.21. The second-order valence-corrected chi connectivity index (χ2v) is 7.07. The molecule has 8 heteroatoms. The van der Waals surface area contributed by atoms with E-state index in [0.717, 1.165) is 16.8 Å². The maximum Gasteiger partial charge on any atom is 0.269 e. The molecule has 3 N–H and O–H groups in total. The fraction of sp³-hybridized carbons (Fsp3) is 0.333. The number of anilines is 2. The fourth-order valence-electron chi connectivity index (χ4n) is 3.08. The third-order valence-corrected chi connectivity index (χ3v) is 4.56. The van der Waals surface area contributed by atoms with Gasteiger partial charge in [-0.15, -0.1) is 0 Å². The van der Waals surface area contributed by atoms with Crippen LogP contribution in [0, 0.1) is 13.8 Å². The summed E-state index contributed by atoms with van der Waals surface area (Å²) in [5, 5.41) is 19.7. The Bertz CT molecular complexity index is 990. The van der Waals surface area contributed by atoms with Crippen molar-refractivity contribution in [1.29, 1.82) is 0 Å². The van der Waals surface area contributed by atoms with E-state index < -0.39 is 0 Å². The summed E-state index contributed by atoms with van der Waals surface area (Å²) in [4.78, 5) is 21.3. The molecule has 8 nitrogen and oxygen atoms in total. The van der Waals surface area contributed by atoms with Crippen LogP contribution in [0.5, 0.6) is 0 Å². The van der Waals surface area contributed by atoms with Gasteiger partial charge in [0.05, 0.1) is 18.3 Å². The molecule has 1 aromatic carbocycles. The Morgan fingerprint density at radius 3 is 2.55 bits per heavy atom. The summed E-state index contributed by atoms with van der Waals surface area (Å²) >= 11 is 0. The van der Waals surface area contributed by atoms with Gasteiger partial charge in [-0.05, 0) is 55.7 Å². The second kappa shape index (κ2) is 8.83. The van der Waals surface area contributed by atoms with E-state index in [9.17, 15) is 9.90 Å². The van der Waals surface area contributed by atoms with Crippen LogP contribution in [0.2, 0.25) is 0 Å². The van der Waals surface area contributed by atoms with Gasteiger partial charge in [-0.1, -0.05) is 13.0 Å². The van der Waals surface area contributed by atoms with Gasteiger partial charge < -0.3 is 15.7 Å². The monoisotopic (exact) mass is 394 g/mol. The summed E-state index contributed by atoms with van der Waals surface area (Å²) in [5.74, 6) is 0.172. The van der Waals surface area contributed by atoms with E-state index in [1.807, 2.05) is 32.9 Å². The number of carbonyl (C=O) groups is 1. The molecule has 2 aromatic heterocycles. The number of aliphatic hydroxyl groups is 1. The van der Waals surface area contributed by atoms with Gasteiger partial charge in [0.2, 0.25) is 5.95 Å². The minimum absolute atomic E-state index is 0.105. The van der Waals surface area contributed by atoms with Crippen molar-refractivity contribution in [2.75, 3.05) is 11.9 Å². The highest BCUT2D eigenvalue weighted by Gasteiger charge is 2.18. The second-order valence-electron chi connectivity index (χ2n) is 7.07. The van der Waals surface area contributed by atoms with Crippen molar-refractivity contribution in [3.8, 4) is 11.4 Å². The van der Waals surface area contributed by atoms with Gasteiger partial charge in [0.25, 0.3) is 5.91 Å². The molecule has 0 saturated carbocycles. The Balaban J connectivity index is 1.83. The maximum atomic E-state index is 12.5. The SMILES string of the molecule is CC[C@@H](CO)NC(=O)c1cc(-c2ccnc(Nc3cc(C)cc(C)c3)n2)nn1C. The third kappa shape index (κ3) is 4.97. The Morgan fingerprint density at radius 2 is 1.90 bits per heavy atom. The number of carbonyl (C=O) groups excluding carboxylic acids is 1. The van der Waals surface area contributed by atoms with Crippen molar-refractivity contribution in [1.82, 2.24) is 25.1 Å². The Kier molecular flexibility index (Phi) is 6.23. The molecule has 2 heterocycles. The van der Waals surface area contributed by atoms with Crippen LogP contribution in [-0.4, -0.2) is 43.4 Å². The molecule has 0 saturated heterocycles. The molecule has 3 aromatic rings. The number of aromatic nitrogens is 4. The number of amides is 1. The maximum absolute atomic E-state index is 12.5. The minimum atomic E-state index is -0.284. The molecule has 0 aliphatic heterocycles. The van der Waals surface area contributed by atoms with Crippen molar-refractivity contribution in [2.45, 2.75) is 33.2 Å². The number of aliphatic hydroxyl groups excluding tert-OH is 1. The first kappa shape index (κ1) is 20.5. The lowest BCUT2D eigenvalue weighted by molar-refractivity contribution is 0.0905. The zero-order valence-electron chi connectivity index (χ0n) is 17.1. The largest absolute Gasteiger partial charge is 0.394 e. The van der Waals surface area contributed by atoms with Gasteiger partial charge in [0, 0.05) is 18.9 Å². The van der Waals surface area contributed by atoms with Crippen LogP contribution in [0.3, 0.4) is 0 Å². The molecule has 0 unspecified atom stereocenters. The molecule has 0 fully saturated rings. The Hall–Kier alpha value is -3.26. The Labute approximate surface area is 170 Å². The molecule has 0 aliphatic carbocycles. The average Bonchev–Trinajstić information content (AvgIpc) is 3.07. The summed E-state index contributed by atoms with van der Waals surface area (Å²) in [6.45, 7) is 5.87. The van der Waals surface area contributed by atoms with E-state index in [1.165, 1.54) is 4.68 Å². The summed E-state index contributed by atoms with van der Waals surface area (Å²) in [6, 6.07) is 9.30. The van der Waals surface area contributed by atoms with Gasteiger partial charge in [-0.25, -0.2) is 9.97 Å². The van der Waals surface area contributed by atoms with E-state index in [2.05, 4.69) is 31.8 Å². The smallest absolute Gasteiger partial charge is 0.269 e. The topological polar surface area (TPSA) is 105 Å². The number of nitrogens with one attached hydrogen (secondary N) is 2. The van der Waals surface area contributed by atoms with Crippen LogP contribution >= 0.6 is 0 Å². The summed E-state index contributed by atoms with van der Waals surface area (Å²) in [5.41, 5.74) is 4.79. The zero-order valence-corrected chi connectivity index (χ0v) is 17.1. The fourth-order valence-corrected chi connectivity index (χ4v) is 3.08. The van der Waals surface area contributed by atoms with Gasteiger partial charge in [-0.3, -0.25) is 9.48 Å². The van der Waals surface area contributed by atoms with Gasteiger partial charge in [-0.2, -0.15) is 5.10 Å². The molecule has 0 aliphatic rings. The molecule has 0 spiro atoms. The van der Waals surface area contributed by atoms with Crippen LogP contribution in [-0.2, 0) is 7.05 Å². The molecule has 1 amide bonds. The van der Waals surface area contributed by atoms with Crippen LogP contribution in [0.15, 0.2) is 36.5 Å². The average molecular weight is 394 g/mol. The first-order valence-electron chi connectivity index (χ1n) is 9.54. The van der Waals surface area contributed by atoms with Crippen LogP contribution in [0.4, 0.5) is 11.6 Å². The predicted octanol–water partition coefficient (Wildman–Crippen LogP) is 2.74. The Morgan fingerprint density at radius 1 is 1.17 bits per heavy atom. The number of benzene rings is 1. The molecule has 29 heavy (non-hydrogen) atoms. The normalized spacial score (nSPS) is 11.9. The highest BCUT2D eigenvalue weighted by atomic mass is 16.3. The zero-order chi connectivity index (χ0) is 21.0.